The summed E-state index contributed by atoms with van der Waals surface area (Å²) in [6, 6.07) is 13.2. The first kappa shape index (κ1) is 25.1. The first-order valence-electron chi connectivity index (χ1n) is 10.2. The van der Waals surface area contributed by atoms with Crippen LogP contribution in [0.3, 0.4) is 0 Å². The Hall–Kier alpha value is -1.58. The molecule has 1 heterocycles. The Morgan fingerprint density at radius 1 is 1.16 bits per heavy atom. The van der Waals surface area contributed by atoms with Crippen molar-refractivity contribution in [2.24, 2.45) is 0 Å². The maximum atomic E-state index is 13.3. The van der Waals surface area contributed by atoms with Crippen LogP contribution in [0.15, 0.2) is 42.5 Å². The van der Waals surface area contributed by atoms with E-state index in [-0.39, 0.29) is 18.4 Å². The second kappa shape index (κ2) is 12.0. The number of carbonyl (C=O) groups is 2. The fourth-order valence-corrected chi connectivity index (χ4v) is 5.08. The molecule has 172 valence electrons. The molecule has 3 rings (SSSR count). The largest absolute Gasteiger partial charge is 0.472 e. The minimum atomic E-state index is -1.02. The summed E-state index contributed by atoms with van der Waals surface area (Å²) in [5.74, 6) is -0.0598. The normalized spacial score (nSPS) is 14.8. The number of amides is 1. The zero-order valence-corrected chi connectivity index (χ0v) is 20.7. The number of nitrogens with one attached hydrogen (secondary N) is 1. The van der Waals surface area contributed by atoms with Gasteiger partial charge < -0.3 is 19.6 Å². The zero-order chi connectivity index (χ0) is 23.1. The van der Waals surface area contributed by atoms with Gasteiger partial charge in [0.2, 0.25) is 5.91 Å². The van der Waals surface area contributed by atoms with E-state index < -0.39 is 5.30 Å². The van der Waals surface area contributed by atoms with Gasteiger partial charge in [0.25, 0.3) is 0 Å². The van der Waals surface area contributed by atoms with Gasteiger partial charge in [0.15, 0.2) is 0 Å². The molecule has 0 bridgehead atoms. The highest BCUT2D eigenvalue weighted by Crippen LogP contribution is 2.34. The van der Waals surface area contributed by atoms with Crippen LogP contribution in [-0.4, -0.2) is 52.8 Å². The molecule has 0 saturated carbocycles. The monoisotopic (exact) mass is 513 g/mol. The van der Waals surface area contributed by atoms with E-state index in [2.05, 4.69) is 21.8 Å². The number of nitrogens with zero attached hydrogens (tertiary/aromatic N) is 2. The highest BCUT2D eigenvalue weighted by atomic mass is 35.5. The van der Waals surface area contributed by atoms with Crippen molar-refractivity contribution in [3.8, 4) is 0 Å². The molecule has 1 saturated heterocycles. The van der Waals surface area contributed by atoms with Gasteiger partial charge in [0.1, 0.15) is 0 Å². The number of carboxylic acid groups (broad SMARTS) is 1. The third-order valence-corrected chi connectivity index (χ3v) is 7.61. The first-order chi connectivity index (χ1) is 15.3. The third-order valence-electron chi connectivity index (χ3n) is 5.43. The van der Waals surface area contributed by atoms with Gasteiger partial charge in [-0.05, 0) is 49.2 Å². The number of carbonyl (C=O) groups excluding carboxylic acids is 1. The van der Waals surface area contributed by atoms with Gasteiger partial charge in [-0.25, -0.2) is 4.79 Å². The minimum Gasteiger partial charge on any atom is -0.472 e. The number of rotatable bonds is 9. The van der Waals surface area contributed by atoms with Crippen LogP contribution in [0.25, 0.3) is 0 Å². The number of likely N-dealkylation sites (tertiary alicyclic amines) is 1. The molecule has 2 aromatic carbocycles. The van der Waals surface area contributed by atoms with Crippen LogP contribution < -0.4 is 4.72 Å². The van der Waals surface area contributed by atoms with Crippen molar-refractivity contribution in [1.29, 1.82) is 0 Å². The molecule has 2 N–H and O–H groups in total. The second-order valence-electron chi connectivity index (χ2n) is 7.57. The SMILES string of the molecule is CN(C(=O)Cc1cc(Cl)c(Cl)cc1NSSC(=O)O)[C@H](CN1CCCC1)c1ccccc1. The smallest absolute Gasteiger partial charge is 0.377 e. The Bertz CT molecular complexity index is 944. The predicted molar refractivity (Wildman–Crippen MR) is 135 cm³/mol. The summed E-state index contributed by atoms with van der Waals surface area (Å²) in [5, 5.41) is 8.51. The molecule has 6 nitrogen and oxygen atoms in total. The topological polar surface area (TPSA) is 72.9 Å². The number of hydrogen-bond donors (Lipinski definition) is 2. The second-order valence-corrected chi connectivity index (χ2v) is 10.3. The van der Waals surface area contributed by atoms with Gasteiger partial charge in [-0.15, -0.1) is 0 Å². The van der Waals surface area contributed by atoms with E-state index in [1.54, 1.807) is 17.0 Å². The summed E-state index contributed by atoms with van der Waals surface area (Å²) in [6.45, 7) is 2.87. The van der Waals surface area contributed by atoms with Gasteiger partial charge in [-0.3, -0.25) is 4.79 Å². The molecule has 1 fully saturated rings. The maximum Gasteiger partial charge on any atom is 0.377 e. The van der Waals surface area contributed by atoms with Crippen LogP contribution in [0.5, 0.6) is 0 Å². The van der Waals surface area contributed by atoms with Gasteiger partial charge >= 0.3 is 5.30 Å². The summed E-state index contributed by atoms with van der Waals surface area (Å²) < 4.78 is 2.95. The number of halogens is 2. The molecular formula is C22H25Cl2N3O3S2. The molecule has 1 atom stereocenters. The van der Waals surface area contributed by atoms with E-state index >= 15 is 0 Å². The van der Waals surface area contributed by atoms with Gasteiger partial charge in [0.05, 0.1) is 28.2 Å². The summed E-state index contributed by atoms with van der Waals surface area (Å²) >= 11 is 12.4. The van der Waals surface area contributed by atoms with Gasteiger partial charge in [-0.1, -0.05) is 53.5 Å². The Kier molecular flexibility index (Phi) is 9.43. The van der Waals surface area contributed by atoms with Crippen molar-refractivity contribution in [2.45, 2.75) is 25.3 Å². The van der Waals surface area contributed by atoms with E-state index in [1.165, 1.54) is 12.8 Å². The van der Waals surface area contributed by atoms with Crippen molar-refractivity contribution < 1.29 is 14.7 Å². The third kappa shape index (κ3) is 6.96. The Balaban J connectivity index is 1.78. The van der Waals surface area contributed by atoms with Crippen molar-refractivity contribution >= 4 is 61.9 Å². The average Bonchev–Trinajstić information content (AvgIpc) is 3.28. The summed E-state index contributed by atoms with van der Waals surface area (Å²) in [4.78, 5) is 28.3. The molecule has 1 amide bonds. The van der Waals surface area contributed by atoms with E-state index in [1.807, 2.05) is 25.2 Å². The van der Waals surface area contributed by atoms with Crippen molar-refractivity contribution in [2.75, 3.05) is 31.4 Å². The van der Waals surface area contributed by atoms with Crippen LogP contribution in [-0.2, 0) is 11.2 Å². The maximum absolute atomic E-state index is 13.3. The van der Waals surface area contributed by atoms with E-state index in [0.29, 0.717) is 32.1 Å². The molecule has 0 radical (unpaired) electrons. The first-order valence-corrected chi connectivity index (χ1v) is 13.1. The lowest BCUT2D eigenvalue weighted by molar-refractivity contribution is -0.131. The van der Waals surface area contributed by atoms with E-state index in [9.17, 15) is 9.59 Å². The van der Waals surface area contributed by atoms with Crippen LogP contribution in [0.2, 0.25) is 10.0 Å². The fourth-order valence-electron chi connectivity index (χ4n) is 3.73. The average molecular weight is 515 g/mol. The van der Waals surface area contributed by atoms with E-state index in [0.717, 1.165) is 36.2 Å². The highest BCUT2D eigenvalue weighted by Gasteiger charge is 2.26. The summed E-state index contributed by atoms with van der Waals surface area (Å²) in [7, 11) is 3.40. The van der Waals surface area contributed by atoms with Crippen LogP contribution in [0.4, 0.5) is 10.5 Å². The summed E-state index contributed by atoms with van der Waals surface area (Å²) in [6.07, 6.45) is 2.48. The Labute approximate surface area is 206 Å². The van der Waals surface area contributed by atoms with Gasteiger partial charge in [0, 0.05) is 35.4 Å². The lowest BCUT2D eigenvalue weighted by atomic mass is 10.0. The summed E-state index contributed by atoms with van der Waals surface area (Å²) in [5.41, 5.74) is 2.31. The quantitative estimate of drug-likeness (QED) is 0.304. The van der Waals surface area contributed by atoms with Crippen LogP contribution >= 0.6 is 45.0 Å². The molecule has 0 aliphatic carbocycles. The number of anilines is 1. The minimum absolute atomic E-state index is 0.0598. The van der Waals surface area contributed by atoms with Gasteiger partial charge in [-0.2, -0.15) is 0 Å². The lowest BCUT2D eigenvalue weighted by Gasteiger charge is -2.32. The molecule has 0 unspecified atom stereocenters. The number of hydrogen-bond acceptors (Lipinski definition) is 6. The molecule has 0 aromatic heterocycles. The highest BCUT2D eigenvalue weighted by molar-refractivity contribution is 8.82. The Morgan fingerprint density at radius 3 is 2.47 bits per heavy atom. The predicted octanol–water partition coefficient (Wildman–Crippen LogP) is 6.22. The molecular weight excluding hydrogens is 489 g/mol. The molecule has 2 aromatic rings. The zero-order valence-electron chi connectivity index (χ0n) is 17.6. The lowest BCUT2D eigenvalue weighted by Crippen LogP contribution is -2.39. The molecule has 32 heavy (non-hydrogen) atoms. The molecule has 0 spiro atoms. The number of benzene rings is 2. The van der Waals surface area contributed by atoms with Crippen molar-refractivity contribution in [1.82, 2.24) is 9.80 Å². The Morgan fingerprint density at radius 2 is 1.81 bits per heavy atom. The van der Waals surface area contributed by atoms with E-state index in [4.69, 9.17) is 28.3 Å². The van der Waals surface area contributed by atoms with Crippen LogP contribution in [0.1, 0.15) is 30.0 Å². The molecule has 10 heteroatoms. The van der Waals surface area contributed by atoms with Crippen molar-refractivity contribution in [3.05, 3.63) is 63.6 Å². The number of likely N-dealkylation sites (N-methyl/N-ethyl adjacent to an activating group) is 1. The molecule has 1 aliphatic rings. The van der Waals surface area contributed by atoms with Crippen molar-refractivity contribution in [3.63, 3.8) is 0 Å². The fraction of sp³-hybridized carbons (Fsp3) is 0.364. The molecule has 1 aliphatic heterocycles. The van der Waals surface area contributed by atoms with Crippen LogP contribution in [0, 0.1) is 0 Å². The standard InChI is InChI=1S/C22H25Cl2N3O3S2/c1-26(20(14-27-9-5-6-10-27)15-7-3-2-4-8-15)21(28)12-16-11-17(23)18(24)13-19(16)25-32-31-22(29)30/h2-4,7-8,11,13,20,25H,5-6,9-10,12,14H2,1H3,(H,29,30)/t20-/m1/s1.